The Morgan fingerprint density at radius 1 is 1.15 bits per heavy atom. The van der Waals surface area contributed by atoms with E-state index in [1.165, 1.54) is 43.2 Å². The highest BCUT2D eigenvalue weighted by Gasteiger charge is 2.56. The van der Waals surface area contributed by atoms with Gasteiger partial charge >= 0.3 is 0 Å². The molecule has 2 saturated carbocycles. The molecule has 150 valence electrons. The van der Waals surface area contributed by atoms with Gasteiger partial charge in [0.15, 0.2) is 0 Å². The molecular weight excluding hydrogens is 334 g/mol. The monoisotopic (exact) mass is 371 g/mol. The lowest BCUT2D eigenvalue weighted by atomic mass is 9.54. The molecule has 0 bridgehead atoms. The average molecular weight is 372 g/mol. The third-order valence-electron chi connectivity index (χ3n) is 8.49. The number of phenols is 1. The van der Waals surface area contributed by atoms with Crippen LogP contribution in [0, 0.1) is 23.2 Å². The van der Waals surface area contributed by atoms with Crippen molar-refractivity contribution in [2.45, 2.75) is 77.5 Å². The van der Waals surface area contributed by atoms with Gasteiger partial charge in [-0.1, -0.05) is 13.0 Å². The highest BCUT2D eigenvalue weighted by Crippen LogP contribution is 2.63. The normalized spacial score (nSPS) is 37.4. The third-order valence-corrected chi connectivity index (χ3v) is 8.49. The van der Waals surface area contributed by atoms with Crippen LogP contribution in [0.5, 0.6) is 5.75 Å². The zero-order valence-corrected chi connectivity index (χ0v) is 17.7. The van der Waals surface area contributed by atoms with Crippen LogP contribution in [-0.4, -0.2) is 36.4 Å². The van der Waals surface area contributed by atoms with Gasteiger partial charge in [-0.2, -0.15) is 0 Å². The number of aromatic hydroxyl groups is 1. The molecule has 0 spiro atoms. The van der Waals surface area contributed by atoms with E-state index in [1.54, 1.807) is 0 Å². The van der Waals surface area contributed by atoms with E-state index in [-0.39, 0.29) is 6.23 Å². The van der Waals surface area contributed by atoms with Gasteiger partial charge in [-0.3, -0.25) is 4.90 Å². The second kappa shape index (κ2) is 7.08. The first-order valence-electron chi connectivity index (χ1n) is 10.9. The summed E-state index contributed by atoms with van der Waals surface area (Å²) in [6.07, 6.45) is 8.20. The van der Waals surface area contributed by atoms with Gasteiger partial charge in [-0.15, -0.1) is 0 Å². The first-order valence-corrected chi connectivity index (χ1v) is 10.9. The number of aryl methyl sites for hydroxylation is 1. The summed E-state index contributed by atoms with van der Waals surface area (Å²) in [7, 11) is 4.19. The van der Waals surface area contributed by atoms with Crippen molar-refractivity contribution in [1.29, 1.82) is 0 Å². The number of nitrogens with zero attached hydrogens (tertiary/aromatic N) is 1. The van der Waals surface area contributed by atoms with Gasteiger partial charge in [-0.25, -0.2) is 0 Å². The number of rotatable bonds is 4. The summed E-state index contributed by atoms with van der Waals surface area (Å²) < 4.78 is 6.41. The molecule has 1 aromatic carbocycles. The number of phenolic OH excluding ortho intramolecular Hbond substituents is 1. The zero-order valence-electron chi connectivity index (χ0n) is 17.7. The Morgan fingerprint density at radius 3 is 2.67 bits per heavy atom. The predicted octanol–water partition coefficient (Wildman–Crippen LogP) is 5.18. The molecule has 4 rings (SSSR count). The summed E-state index contributed by atoms with van der Waals surface area (Å²) in [4.78, 5) is 2.16. The van der Waals surface area contributed by atoms with Crippen LogP contribution in [0.2, 0.25) is 0 Å². The minimum absolute atomic E-state index is 0.174. The molecule has 0 amide bonds. The average Bonchev–Trinajstić information content (AvgIpc) is 2.98. The van der Waals surface area contributed by atoms with E-state index in [0.29, 0.717) is 29.1 Å². The summed E-state index contributed by atoms with van der Waals surface area (Å²) in [5.74, 6) is 3.43. The summed E-state index contributed by atoms with van der Waals surface area (Å²) in [6.45, 7) is 7.04. The van der Waals surface area contributed by atoms with Gasteiger partial charge in [0.25, 0.3) is 0 Å². The van der Waals surface area contributed by atoms with Crippen LogP contribution in [0.15, 0.2) is 18.2 Å². The molecule has 2 unspecified atom stereocenters. The summed E-state index contributed by atoms with van der Waals surface area (Å²) in [6, 6.07) is 6.11. The number of hydrogen-bond donors (Lipinski definition) is 1. The van der Waals surface area contributed by atoms with Crippen molar-refractivity contribution >= 4 is 0 Å². The maximum Gasteiger partial charge on any atom is 0.115 e. The Bertz CT molecular complexity index is 687. The number of benzene rings is 1. The van der Waals surface area contributed by atoms with Crippen LogP contribution in [0.25, 0.3) is 0 Å². The third kappa shape index (κ3) is 3.21. The molecule has 1 aromatic rings. The minimum atomic E-state index is 0.174. The van der Waals surface area contributed by atoms with E-state index in [0.717, 1.165) is 18.3 Å². The first-order chi connectivity index (χ1) is 12.8. The SMILES string of the molecule is CC(OC(C)N(C)C)[C@H]1CC[C@H]2[C@@H]3CCc4cc(O)ccc4[C@H]3CC[C@]12C. The molecule has 0 aliphatic heterocycles. The van der Waals surface area contributed by atoms with E-state index in [1.807, 2.05) is 12.1 Å². The second-order valence-corrected chi connectivity index (χ2v) is 9.93. The maximum absolute atomic E-state index is 9.86. The van der Waals surface area contributed by atoms with Gasteiger partial charge in [0.05, 0.1) is 6.10 Å². The fourth-order valence-electron chi connectivity index (χ4n) is 6.91. The maximum atomic E-state index is 9.86. The first kappa shape index (κ1) is 19.3. The fourth-order valence-corrected chi connectivity index (χ4v) is 6.91. The standard InChI is InChI=1S/C24H37NO2/c1-15(27-16(2)25(4)5)22-10-11-23-21-8-6-17-14-18(26)7-9-19(17)20(21)12-13-24(22,23)3/h7,9,14-16,20-23,26H,6,8,10-13H2,1-5H3/t15?,16?,20-,21-,22-,23+,24-/m1/s1. The number of fused-ring (bicyclic) bond motifs is 5. The van der Waals surface area contributed by atoms with Crippen molar-refractivity contribution in [3.63, 3.8) is 0 Å². The highest BCUT2D eigenvalue weighted by atomic mass is 16.5. The van der Waals surface area contributed by atoms with Crippen molar-refractivity contribution in [2.24, 2.45) is 23.2 Å². The Morgan fingerprint density at radius 2 is 1.93 bits per heavy atom. The van der Waals surface area contributed by atoms with Crippen LogP contribution in [0.1, 0.15) is 69.9 Å². The smallest absolute Gasteiger partial charge is 0.115 e. The molecular formula is C24H37NO2. The molecule has 0 radical (unpaired) electrons. The van der Waals surface area contributed by atoms with Crippen LogP contribution in [0.3, 0.4) is 0 Å². The largest absolute Gasteiger partial charge is 0.508 e. The van der Waals surface area contributed by atoms with Gasteiger partial charge in [-0.05, 0) is 119 Å². The summed E-state index contributed by atoms with van der Waals surface area (Å²) >= 11 is 0. The Kier molecular flexibility index (Phi) is 5.05. The van der Waals surface area contributed by atoms with Crippen molar-refractivity contribution < 1.29 is 9.84 Å². The van der Waals surface area contributed by atoms with Crippen LogP contribution >= 0.6 is 0 Å². The molecule has 0 aromatic heterocycles. The van der Waals surface area contributed by atoms with Crippen molar-refractivity contribution in [1.82, 2.24) is 4.90 Å². The molecule has 3 aliphatic rings. The van der Waals surface area contributed by atoms with E-state index in [4.69, 9.17) is 4.74 Å². The summed E-state index contributed by atoms with van der Waals surface area (Å²) in [5.41, 5.74) is 3.34. The molecule has 0 heterocycles. The van der Waals surface area contributed by atoms with Gasteiger partial charge in [0.1, 0.15) is 12.0 Å². The molecule has 7 atom stereocenters. The summed E-state index contributed by atoms with van der Waals surface area (Å²) in [5, 5.41) is 9.86. The lowest BCUT2D eigenvalue weighted by Gasteiger charge is -2.52. The van der Waals surface area contributed by atoms with E-state index >= 15 is 0 Å². The van der Waals surface area contributed by atoms with E-state index < -0.39 is 0 Å². The Balaban J connectivity index is 1.54. The van der Waals surface area contributed by atoms with Crippen LogP contribution in [0.4, 0.5) is 0 Å². The van der Waals surface area contributed by atoms with Gasteiger partial charge in [0.2, 0.25) is 0 Å². The Labute approximate surface area is 165 Å². The lowest BCUT2D eigenvalue weighted by molar-refractivity contribution is -0.113. The molecule has 3 nitrogen and oxygen atoms in total. The molecule has 3 aliphatic carbocycles. The molecule has 1 N–H and O–H groups in total. The molecule has 2 fully saturated rings. The molecule has 3 heteroatoms. The number of ether oxygens (including phenoxy) is 1. The number of hydrogen-bond acceptors (Lipinski definition) is 3. The topological polar surface area (TPSA) is 32.7 Å². The van der Waals surface area contributed by atoms with Crippen molar-refractivity contribution in [3.05, 3.63) is 29.3 Å². The highest BCUT2D eigenvalue weighted by molar-refractivity contribution is 5.40. The van der Waals surface area contributed by atoms with Gasteiger partial charge < -0.3 is 9.84 Å². The fraction of sp³-hybridized carbons (Fsp3) is 0.750. The quantitative estimate of drug-likeness (QED) is 0.741. The van der Waals surface area contributed by atoms with Crippen LogP contribution < -0.4 is 0 Å². The zero-order chi connectivity index (χ0) is 19.3. The van der Waals surface area contributed by atoms with E-state index in [2.05, 4.69) is 45.8 Å². The molecule has 0 saturated heterocycles. The predicted molar refractivity (Wildman–Crippen MR) is 110 cm³/mol. The van der Waals surface area contributed by atoms with Crippen LogP contribution in [-0.2, 0) is 11.2 Å². The van der Waals surface area contributed by atoms with Gasteiger partial charge in [0, 0.05) is 0 Å². The van der Waals surface area contributed by atoms with Crippen molar-refractivity contribution in [3.8, 4) is 5.75 Å². The van der Waals surface area contributed by atoms with E-state index in [9.17, 15) is 5.11 Å². The molecule has 27 heavy (non-hydrogen) atoms. The minimum Gasteiger partial charge on any atom is -0.508 e. The Hall–Kier alpha value is -1.06. The lowest BCUT2D eigenvalue weighted by Crippen LogP contribution is -2.46. The second-order valence-electron chi connectivity index (χ2n) is 9.93. The van der Waals surface area contributed by atoms with Crippen molar-refractivity contribution in [2.75, 3.05) is 14.1 Å².